The molecule has 0 aromatic heterocycles. The van der Waals surface area contributed by atoms with Crippen LogP contribution in [-0.2, 0) is 40.4 Å². The molecular formula is C36H43NO7S. The number of hydrogen-bond donors (Lipinski definition) is 0. The summed E-state index contributed by atoms with van der Waals surface area (Å²) in [5, 5.41) is 0. The van der Waals surface area contributed by atoms with Crippen molar-refractivity contribution in [3.05, 3.63) is 101 Å². The van der Waals surface area contributed by atoms with Crippen LogP contribution in [0.1, 0.15) is 67.5 Å². The van der Waals surface area contributed by atoms with Crippen molar-refractivity contribution in [1.82, 2.24) is 4.31 Å². The van der Waals surface area contributed by atoms with E-state index in [2.05, 4.69) is 0 Å². The maximum atomic E-state index is 14.7. The van der Waals surface area contributed by atoms with Crippen molar-refractivity contribution in [3.63, 3.8) is 0 Å². The maximum absolute atomic E-state index is 14.7. The van der Waals surface area contributed by atoms with E-state index in [1.54, 1.807) is 13.8 Å². The molecule has 2 fully saturated rings. The molecule has 45 heavy (non-hydrogen) atoms. The Hall–Kier alpha value is -3.37. The second kappa shape index (κ2) is 13.2. The number of fused-ring (bicyclic) bond motifs is 2. The number of carbonyl (C=O) groups excluding carboxylic acids is 2. The Morgan fingerprint density at radius 3 is 2.22 bits per heavy atom. The molecule has 5 rings (SSSR count). The first kappa shape index (κ1) is 33.0. The van der Waals surface area contributed by atoms with Gasteiger partial charge in [0.25, 0.3) is 0 Å². The first-order valence-corrected chi connectivity index (χ1v) is 17.0. The molecule has 3 aromatic rings. The van der Waals surface area contributed by atoms with E-state index in [9.17, 15) is 18.0 Å². The monoisotopic (exact) mass is 633 g/mol. The molecule has 9 heteroatoms. The first-order valence-electron chi connectivity index (χ1n) is 15.5. The van der Waals surface area contributed by atoms with Crippen LogP contribution in [0.15, 0.2) is 77.7 Å². The van der Waals surface area contributed by atoms with Crippen LogP contribution < -0.4 is 0 Å². The Morgan fingerprint density at radius 2 is 1.62 bits per heavy atom. The van der Waals surface area contributed by atoms with Gasteiger partial charge in [0.05, 0.1) is 23.0 Å². The molecule has 2 aliphatic rings. The molecule has 2 saturated heterocycles. The van der Waals surface area contributed by atoms with Gasteiger partial charge in [0.1, 0.15) is 18.5 Å². The Morgan fingerprint density at radius 1 is 1.02 bits per heavy atom. The van der Waals surface area contributed by atoms with Gasteiger partial charge in [-0.25, -0.2) is 8.42 Å². The topological polar surface area (TPSA) is 99.2 Å². The number of aryl methyl sites for hydroxylation is 3. The minimum atomic E-state index is -4.07. The molecule has 2 bridgehead atoms. The average molecular weight is 634 g/mol. The second-order valence-corrected chi connectivity index (χ2v) is 14.5. The summed E-state index contributed by atoms with van der Waals surface area (Å²) in [4.78, 5) is 26.1. The largest absolute Gasteiger partial charge is 0.455 e. The van der Waals surface area contributed by atoms with Crippen molar-refractivity contribution in [2.75, 3.05) is 0 Å². The predicted octanol–water partition coefficient (Wildman–Crippen LogP) is 6.22. The SMILES string of the molecule is Cc1cc(C)c(S(=O)(=O)N(Cc2ccccc2)[C@@H](C)[C@H](OC(=O)C2CCC3(C)OC(C=O)C(C)C2O3)c2ccccc2)c(C)c1. The summed E-state index contributed by atoms with van der Waals surface area (Å²) in [6.45, 7) is 11.1. The summed E-state index contributed by atoms with van der Waals surface area (Å²) in [6, 6.07) is 21.6. The smallest absolute Gasteiger partial charge is 0.312 e. The van der Waals surface area contributed by atoms with Crippen LogP contribution in [0.4, 0.5) is 0 Å². The van der Waals surface area contributed by atoms with E-state index in [1.165, 1.54) is 4.31 Å². The van der Waals surface area contributed by atoms with Crippen LogP contribution in [0.5, 0.6) is 0 Å². The van der Waals surface area contributed by atoms with Crippen molar-refractivity contribution in [2.24, 2.45) is 11.8 Å². The van der Waals surface area contributed by atoms with Crippen molar-refractivity contribution < 1.29 is 32.2 Å². The third-order valence-corrected chi connectivity index (χ3v) is 11.4. The van der Waals surface area contributed by atoms with Crippen molar-refractivity contribution in [2.45, 2.75) is 96.0 Å². The lowest BCUT2D eigenvalue weighted by atomic mass is 9.80. The molecule has 240 valence electrons. The van der Waals surface area contributed by atoms with Gasteiger partial charge in [-0.3, -0.25) is 4.79 Å². The zero-order valence-corrected chi connectivity index (χ0v) is 27.6. The highest BCUT2D eigenvalue weighted by Gasteiger charge is 2.53. The van der Waals surface area contributed by atoms with Crippen LogP contribution in [0.2, 0.25) is 0 Å². The van der Waals surface area contributed by atoms with Gasteiger partial charge in [-0.05, 0) is 63.3 Å². The van der Waals surface area contributed by atoms with E-state index < -0.39 is 52.1 Å². The summed E-state index contributed by atoms with van der Waals surface area (Å²) in [5.74, 6) is -2.43. The number of aldehydes is 1. The summed E-state index contributed by atoms with van der Waals surface area (Å²) in [5.41, 5.74) is 3.78. The number of ether oxygens (including phenoxy) is 3. The predicted molar refractivity (Wildman–Crippen MR) is 171 cm³/mol. The van der Waals surface area contributed by atoms with Crippen LogP contribution in [0, 0.1) is 32.6 Å². The van der Waals surface area contributed by atoms with E-state index in [-0.39, 0.29) is 17.4 Å². The zero-order valence-electron chi connectivity index (χ0n) is 26.8. The number of rotatable bonds is 10. The van der Waals surface area contributed by atoms with E-state index >= 15 is 0 Å². The van der Waals surface area contributed by atoms with Gasteiger partial charge in [0.15, 0.2) is 5.79 Å². The van der Waals surface area contributed by atoms with E-state index in [0.717, 1.165) is 17.4 Å². The number of nitrogens with zero attached hydrogens (tertiary/aromatic N) is 1. The minimum absolute atomic E-state index is 0.0842. The van der Waals surface area contributed by atoms with E-state index in [1.807, 2.05) is 100 Å². The molecule has 2 heterocycles. The molecule has 0 amide bonds. The highest BCUT2D eigenvalue weighted by molar-refractivity contribution is 7.89. The van der Waals surface area contributed by atoms with Crippen molar-refractivity contribution in [3.8, 4) is 0 Å². The van der Waals surface area contributed by atoms with E-state index in [0.29, 0.717) is 29.5 Å². The Bertz CT molecular complexity index is 1600. The van der Waals surface area contributed by atoms with Crippen LogP contribution >= 0.6 is 0 Å². The zero-order chi connectivity index (χ0) is 32.5. The van der Waals surface area contributed by atoms with Gasteiger partial charge in [-0.1, -0.05) is 85.3 Å². The third kappa shape index (κ3) is 6.77. The summed E-state index contributed by atoms with van der Waals surface area (Å²) in [6.07, 6.45) is -0.544. The fourth-order valence-electron chi connectivity index (χ4n) is 6.91. The van der Waals surface area contributed by atoms with Gasteiger partial charge >= 0.3 is 5.97 Å². The molecule has 7 atom stereocenters. The third-order valence-electron chi connectivity index (χ3n) is 9.17. The molecule has 8 nitrogen and oxygen atoms in total. The number of sulfonamides is 1. The molecular weight excluding hydrogens is 590 g/mol. The van der Waals surface area contributed by atoms with E-state index in [4.69, 9.17) is 14.2 Å². The second-order valence-electron chi connectivity index (χ2n) is 12.7. The lowest BCUT2D eigenvalue weighted by molar-refractivity contribution is -0.345. The molecule has 0 N–H and O–H groups in total. The Balaban J connectivity index is 1.54. The normalized spacial score (nSPS) is 26.2. The minimum Gasteiger partial charge on any atom is -0.455 e. The van der Waals surface area contributed by atoms with Crippen LogP contribution in [-0.4, -0.2) is 49.0 Å². The van der Waals surface area contributed by atoms with Gasteiger partial charge in [0.2, 0.25) is 10.0 Å². The average Bonchev–Trinajstić information content (AvgIpc) is 3.00. The maximum Gasteiger partial charge on any atom is 0.312 e. The molecule has 0 saturated carbocycles. The lowest BCUT2D eigenvalue weighted by Crippen LogP contribution is -2.59. The fraction of sp³-hybridized carbons (Fsp3) is 0.444. The number of benzene rings is 3. The standard InChI is InChI=1S/C36H43NO7S/c1-23-19-24(2)34(25(3)20-23)45(40,41)37(21-28-13-9-7-10-14-28)27(5)33(29-15-11-8-12-16-29)42-35(39)30-17-18-36(6)43-31(22-38)26(4)32(30)44-36/h7-16,19-20,22,26-27,30-33H,17-18,21H2,1-6H3/t26?,27-,30?,31?,32?,33-,36?/m0/s1. The van der Waals surface area contributed by atoms with Gasteiger partial charge in [0, 0.05) is 18.9 Å². The summed E-state index contributed by atoms with van der Waals surface area (Å²) < 4.78 is 49.3. The molecule has 5 unspecified atom stereocenters. The highest BCUT2D eigenvalue weighted by Crippen LogP contribution is 2.44. The molecule has 0 aliphatic carbocycles. The molecule has 3 aromatic carbocycles. The highest BCUT2D eigenvalue weighted by atomic mass is 32.2. The number of esters is 1. The quantitative estimate of drug-likeness (QED) is 0.193. The molecule has 2 aliphatic heterocycles. The first-order chi connectivity index (χ1) is 21.3. The van der Waals surface area contributed by atoms with Crippen LogP contribution in [0.25, 0.3) is 0 Å². The van der Waals surface area contributed by atoms with Crippen molar-refractivity contribution >= 4 is 22.3 Å². The summed E-state index contributed by atoms with van der Waals surface area (Å²) in [7, 11) is -4.07. The fourth-order valence-corrected chi connectivity index (χ4v) is 8.94. The van der Waals surface area contributed by atoms with Crippen molar-refractivity contribution in [1.29, 1.82) is 0 Å². The van der Waals surface area contributed by atoms with Crippen LogP contribution in [0.3, 0.4) is 0 Å². The Labute approximate surface area is 266 Å². The van der Waals surface area contributed by atoms with Gasteiger partial charge in [-0.15, -0.1) is 0 Å². The number of hydrogen-bond acceptors (Lipinski definition) is 7. The molecule has 0 spiro atoms. The molecule has 0 radical (unpaired) electrons. The Kier molecular flexibility index (Phi) is 9.65. The van der Waals surface area contributed by atoms with Gasteiger partial charge < -0.3 is 19.0 Å². The van der Waals surface area contributed by atoms with Gasteiger partial charge in [-0.2, -0.15) is 4.31 Å². The number of carbonyl (C=O) groups is 2. The summed E-state index contributed by atoms with van der Waals surface area (Å²) >= 11 is 0. The lowest BCUT2D eigenvalue weighted by Gasteiger charge is -2.50.